The van der Waals surface area contributed by atoms with Crippen molar-refractivity contribution in [1.29, 1.82) is 0 Å². The fourth-order valence-electron chi connectivity index (χ4n) is 0.783. The van der Waals surface area contributed by atoms with Gasteiger partial charge in [-0.25, -0.2) is 8.42 Å². The SMILES string of the molecule is C#CCOS(=O)(=O)CCCS(=O)(=O)CC. The maximum atomic E-state index is 11.1. The van der Waals surface area contributed by atoms with Gasteiger partial charge in [0.15, 0.2) is 0 Å². The lowest BCUT2D eigenvalue weighted by Gasteiger charge is -2.02. The molecular weight excluding hydrogens is 240 g/mol. The molecule has 0 atom stereocenters. The zero-order chi connectivity index (χ0) is 11.9. The Morgan fingerprint density at radius 2 is 1.80 bits per heavy atom. The highest BCUT2D eigenvalue weighted by molar-refractivity contribution is 7.91. The van der Waals surface area contributed by atoms with Crippen molar-refractivity contribution in [2.75, 3.05) is 23.9 Å². The lowest BCUT2D eigenvalue weighted by atomic mass is 10.6. The minimum Gasteiger partial charge on any atom is -0.257 e. The van der Waals surface area contributed by atoms with E-state index in [0.29, 0.717) is 0 Å². The zero-order valence-electron chi connectivity index (χ0n) is 8.47. The number of rotatable bonds is 7. The first-order valence-corrected chi connectivity index (χ1v) is 7.74. The standard InChI is InChI=1S/C8H14O5S2/c1-3-6-13-15(11,12)8-5-7-14(9,10)4-2/h1H,4-8H2,2H3. The molecular formula is C8H14O5S2. The molecule has 0 radical (unpaired) electrons. The smallest absolute Gasteiger partial charge is 0.257 e. The van der Waals surface area contributed by atoms with Crippen LogP contribution in [0.25, 0.3) is 0 Å². The average Bonchev–Trinajstić information content (AvgIpc) is 2.14. The molecule has 0 aliphatic carbocycles. The third-order valence-electron chi connectivity index (χ3n) is 1.61. The van der Waals surface area contributed by atoms with E-state index in [4.69, 9.17) is 6.42 Å². The highest BCUT2D eigenvalue weighted by Crippen LogP contribution is 1.99. The number of hydrogen-bond acceptors (Lipinski definition) is 5. The molecule has 0 aromatic rings. The highest BCUT2D eigenvalue weighted by atomic mass is 32.2. The summed E-state index contributed by atoms with van der Waals surface area (Å²) in [5.41, 5.74) is 0. The molecule has 0 saturated heterocycles. The van der Waals surface area contributed by atoms with Gasteiger partial charge in [-0.15, -0.1) is 6.42 Å². The predicted molar refractivity (Wildman–Crippen MR) is 57.5 cm³/mol. The van der Waals surface area contributed by atoms with Gasteiger partial charge >= 0.3 is 0 Å². The van der Waals surface area contributed by atoms with Gasteiger partial charge in [-0.1, -0.05) is 12.8 Å². The molecule has 0 aliphatic rings. The lowest BCUT2D eigenvalue weighted by Crippen LogP contribution is -2.16. The Kier molecular flexibility index (Phi) is 5.87. The van der Waals surface area contributed by atoms with Crippen molar-refractivity contribution in [3.8, 4) is 12.3 Å². The van der Waals surface area contributed by atoms with Crippen molar-refractivity contribution in [3.63, 3.8) is 0 Å². The third kappa shape index (κ3) is 7.36. The van der Waals surface area contributed by atoms with Gasteiger partial charge in [0.1, 0.15) is 16.4 Å². The van der Waals surface area contributed by atoms with Crippen LogP contribution >= 0.6 is 0 Å². The minimum absolute atomic E-state index is 0.0122. The van der Waals surface area contributed by atoms with Crippen LogP contribution in [-0.2, 0) is 24.1 Å². The Bertz CT molecular complexity index is 412. The van der Waals surface area contributed by atoms with E-state index in [1.807, 2.05) is 5.92 Å². The van der Waals surface area contributed by atoms with Crippen molar-refractivity contribution in [3.05, 3.63) is 0 Å². The highest BCUT2D eigenvalue weighted by Gasteiger charge is 2.13. The quantitative estimate of drug-likeness (QED) is 0.464. The van der Waals surface area contributed by atoms with Crippen molar-refractivity contribution >= 4 is 20.0 Å². The van der Waals surface area contributed by atoms with E-state index in [1.54, 1.807) is 0 Å². The molecule has 0 heterocycles. The summed E-state index contributed by atoms with van der Waals surface area (Å²) < 4.78 is 48.5. The van der Waals surface area contributed by atoms with Crippen molar-refractivity contribution < 1.29 is 21.0 Å². The van der Waals surface area contributed by atoms with E-state index in [9.17, 15) is 16.8 Å². The van der Waals surface area contributed by atoms with Gasteiger partial charge < -0.3 is 0 Å². The van der Waals surface area contributed by atoms with E-state index in [1.165, 1.54) is 6.92 Å². The summed E-state index contributed by atoms with van der Waals surface area (Å²) in [7, 11) is -6.80. The Hall–Kier alpha value is -0.580. The van der Waals surface area contributed by atoms with E-state index in [-0.39, 0.29) is 30.3 Å². The van der Waals surface area contributed by atoms with Crippen LogP contribution in [0.2, 0.25) is 0 Å². The molecule has 0 N–H and O–H groups in total. The average molecular weight is 254 g/mol. The van der Waals surface area contributed by atoms with E-state index < -0.39 is 20.0 Å². The largest absolute Gasteiger partial charge is 0.268 e. The van der Waals surface area contributed by atoms with Crippen molar-refractivity contribution in [2.45, 2.75) is 13.3 Å². The predicted octanol–water partition coefficient (Wildman–Crippen LogP) is -0.209. The maximum Gasteiger partial charge on any atom is 0.268 e. The van der Waals surface area contributed by atoms with E-state index >= 15 is 0 Å². The molecule has 15 heavy (non-hydrogen) atoms. The second kappa shape index (κ2) is 6.10. The van der Waals surface area contributed by atoms with Crippen LogP contribution < -0.4 is 0 Å². The monoisotopic (exact) mass is 254 g/mol. The Morgan fingerprint density at radius 1 is 1.20 bits per heavy atom. The molecule has 0 spiro atoms. The van der Waals surface area contributed by atoms with E-state index in [0.717, 1.165) is 0 Å². The second-order valence-electron chi connectivity index (χ2n) is 2.82. The normalized spacial score (nSPS) is 12.3. The Labute approximate surface area is 90.9 Å². The molecule has 0 aliphatic heterocycles. The maximum absolute atomic E-state index is 11.1. The summed E-state index contributed by atoms with van der Waals surface area (Å²) in [5, 5.41) is 0. The molecule has 0 amide bonds. The Balaban J connectivity index is 4.03. The number of hydrogen-bond donors (Lipinski definition) is 0. The van der Waals surface area contributed by atoms with Gasteiger partial charge in [-0.2, -0.15) is 8.42 Å². The van der Waals surface area contributed by atoms with Crippen molar-refractivity contribution in [1.82, 2.24) is 0 Å². The molecule has 0 bridgehead atoms. The first-order valence-electron chi connectivity index (χ1n) is 4.34. The Morgan fingerprint density at radius 3 is 2.27 bits per heavy atom. The van der Waals surface area contributed by atoms with Crippen molar-refractivity contribution in [2.24, 2.45) is 0 Å². The summed E-state index contributed by atoms with van der Waals surface area (Å²) in [6.07, 6.45) is 4.85. The molecule has 0 rings (SSSR count). The molecule has 0 aromatic heterocycles. The molecule has 0 saturated carbocycles. The minimum atomic E-state index is -3.68. The molecule has 7 heteroatoms. The van der Waals surface area contributed by atoms with Gasteiger partial charge in [0.25, 0.3) is 10.1 Å². The first-order chi connectivity index (χ1) is 6.83. The third-order valence-corrected chi connectivity index (χ3v) is 4.67. The van der Waals surface area contributed by atoms with E-state index in [2.05, 4.69) is 4.18 Å². The molecule has 0 unspecified atom stereocenters. The lowest BCUT2D eigenvalue weighted by molar-refractivity contribution is 0.363. The summed E-state index contributed by atoms with van der Waals surface area (Å²) in [5.74, 6) is 1.56. The van der Waals surface area contributed by atoms with Gasteiger partial charge in [0.05, 0.1) is 11.5 Å². The topological polar surface area (TPSA) is 77.5 Å². The zero-order valence-corrected chi connectivity index (χ0v) is 10.1. The summed E-state index contributed by atoms with van der Waals surface area (Å²) >= 11 is 0. The number of sulfone groups is 1. The van der Waals surface area contributed by atoms with Crippen LogP contribution in [0.5, 0.6) is 0 Å². The van der Waals surface area contributed by atoms with Gasteiger partial charge in [0, 0.05) is 5.75 Å². The van der Waals surface area contributed by atoms with Gasteiger partial charge in [0.2, 0.25) is 0 Å². The second-order valence-corrected chi connectivity index (χ2v) is 7.05. The van der Waals surface area contributed by atoms with Crippen LogP contribution in [0.1, 0.15) is 13.3 Å². The summed E-state index contributed by atoms with van der Waals surface area (Å²) in [4.78, 5) is 0. The fraction of sp³-hybridized carbons (Fsp3) is 0.750. The van der Waals surface area contributed by atoms with Gasteiger partial charge in [-0.3, -0.25) is 4.18 Å². The summed E-state index contributed by atoms with van der Waals surface area (Å²) in [6.45, 7) is 1.20. The van der Waals surface area contributed by atoms with Crippen LogP contribution in [0, 0.1) is 12.3 Å². The van der Waals surface area contributed by atoms with Gasteiger partial charge in [-0.05, 0) is 6.42 Å². The van der Waals surface area contributed by atoms with Crippen LogP contribution in [-0.4, -0.2) is 40.7 Å². The summed E-state index contributed by atoms with van der Waals surface area (Å²) in [6, 6.07) is 0. The molecule has 5 nitrogen and oxygen atoms in total. The molecule has 88 valence electrons. The molecule has 0 aromatic carbocycles. The van der Waals surface area contributed by atoms with Crippen LogP contribution in [0.15, 0.2) is 0 Å². The van der Waals surface area contributed by atoms with Crippen LogP contribution in [0.3, 0.4) is 0 Å². The number of terminal acetylenes is 1. The molecule has 0 fully saturated rings. The first kappa shape index (κ1) is 14.4. The fourth-order valence-corrected chi connectivity index (χ4v) is 2.70. The van der Waals surface area contributed by atoms with Crippen LogP contribution in [0.4, 0.5) is 0 Å².